The maximum atomic E-state index is 13.7. The average Bonchev–Trinajstić information content (AvgIpc) is 2.64. The molecule has 0 spiro atoms. The van der Waals surface area contributed by atoms with Crippen LogP contribution in [0.25, 0.3) is 0 Å². The number of anilines is 2. The van der Waals surface area contributed by atoms with Crippen molar-refractivity contribution < 1.29 is 13.6 Å². The first-order valence-electron chi connectivity index (χ1n) is 8.75. The Labute approximate surface area is 152 Å². The van der Waals surface area contributed by atoms with Crippen molar-refractivity contribution >= 4 is 17.3 Å². The van der Waals surface area contributed by atoms with E-state index in [9.17, 15) is 13.6 Å². The molecule has 4 nitrogen and oxygen atoms in total. The lowest BCUT2D eigenvalue weighted by atomic mass is 10.1. The minimum atomic E-state index is -0.642. The topological polar surface area (TPSA) is 35.6 Å². The number of carbonyl (C=O) groups is 1. The number of nitrogens with one attached hydrogen (secondary N) is 1. The van der Waals surface area contributed by atoms with Crippen LogP contribution in [-0.2, 0) is 4.79 Å². The van der Waals surface area contributed by atoms with E-state index in [0.717, 1.165) is 44.4 Å². The van der Waals surface area contributed by atoms with Gasteiger partial charge >= 0.3 is 0 Å². The summed E-state index contributed by atoms with van der Waals surface area (Å²) in [5.41, 5.74) is 2.28. The molecule has 1 atom stereocenters. The van der Waals surface area contributed by atoms with Gasteiger partial charge in [-0.3, -0.25) is 9.69 Å². The molecule has 2 aromatic carbocycles. The van der Waals surface area contributed by atoms with E-state index in [-0.39, 0.29) is 11.6 Å². The molecule has 3 rings (SSSR count). The first kappa shape index (κ1) is 18.3. The summed E-state index contributed by atoms with van der Waals surface area (Å²) >= 11 is 0. The van der Waals surface area contributed by atoms with Crippen LogP contribution in [0, 0.1) is 18.6 Å². The zero-order valence-electron chi connectivity index (χ0n) is 15.0. The standard InChI is InChI=1S/C20H23F2N3O/c1-14-4-3-5-17(12-14)25-10-8-24(9-11-25)15(2)20(26)23-19-13-16(21)6-7-18(19)22/h3-7,12-13,15H,8-11H2,1-2H3,(H,23,26). The van der Waals surface area contributed by atoms with E-state index in [1.807, 2.05) is 6.07 Å². The summed E-state index contributed by atoms with van der Waals surface area (Å²) in [6.45, 7) is 6.94. The molecule has 0 aliphatic carbocycles. The maximum Gasteiger partial charge on any atom is 0.241 e. The Balaban J connectivity index is 1.58. The molecule has 0 radical (unpaired) electrons. The highest BCUT2D eigenvalue weighted by Crippen LogP contribution is 2.20. The second-order valence-corrected chi connectivity index (χ2v) is 6.65. The highest BCUT2D eigenvalue weighted by Gasteiger charge is 2.26. The van der Waals surface area contributed by atoms with Crippen molar-refractivity contribution in [2.75, 3.05) is 36.4 Å². The lowest BCUT2D eigenvalue weighted by molar-refractivity contribution is -0.120. The van der Waals surface area contributed by atoms with E-state index < -0.39 is 17.7 Å². The van der Waals surface area contributed by atoms with Gasteiger partial charge in [0.2, 0.25) is 5.91 Å². The highest BCUT2D eigenvalue weighted by molar-refractivity contribution is 5.94. The molecule has 26 heavy (non-hydrogen) atoms. The molecule has 138 valence electrons. The summed E-state index contributed by atoms with van der Waals surface area (Å²) in [5, 5.41) is 2.49. The van der Waals surface area contributed by atoms with Gasteiger partial charge in [0.1, 0.15) is 11.6 Å². The Morgan fingerprint density at radius 2 is 1.81 bits per heavy atom. The first-order chi connectivity index (χ1) is 12.4. The van der Waals surface area contributed by atoms with Gasteiger partial charge in [-0.25, -0.2) is 8.78 Å². The van der Waals surface area contributed by atoms with Crippen molar-refractivity contribution in [1.82, 2.24) is 4.90 Å². The van der Waals surface area contributed by atoms with E-state index in [1.165, 1.54) is 11.3 Å². The Bertz CT molecular complexity index is 788. The van der Waals surface area contributed by atoms with Crippen molar-refractivity contribution in [2.24, 2.45) is 0 Å². The summed E-state index contributed by atoms with van der Waals surface area (Å²) < 4.78 is 27.0. The fourth-order valence-electron chi connectivity index (χ4n) is 3.19. The molecule has 1 aliphatic heterocycles. The van der Waals surface area contributed by atoms with Crippen molar-refractivity contribution in [1.29, 1.82) is 0 Å². The monoisotopic (exact) mass is 359 g/mol. The van der Waals surface area contributed by atoms with Gasteiger partial charge in [0.15, 0.2) is 0 Å². The predicted octanol–water partition coefficient (Wildman–Crippen LogP) is 3.42. The minimum Gasteiger partial charge on any atom is -0.369 e. The van der Waals surface area contributed by atoms with Gasteiger partial charge in [-0.1, -0.05) is 12.1 Å². The Kier molecular flexibility index (Phi) is 5.52. The smallest absolute Gasteiger partial charge is 0.241 e. The summed E-state index contributed by atoms with van der Waals surface area (Å²) in [4.78, 5) is 16.8. The molecule has 1 N–H and O–H groups in total. The molecule has 0 bridgehead atoms. The maximum absolute atomic E-state index is 13.7. The van der Waals surface area contributed by atoms with Crippen LogP contribution in [0.3, 0.4) is 0 Å². The second kappa shape index (κ2) is 7.83. The number of halogens is 2. The number of nitrogens with zero attached hydrogens (tertiary/aromatic N) is 2. The first-order valence-corrected chi connectivity index (χ1v) is 8.75. The van der Waals surface area contributed by atoms with Crippen molar-refractivity contribution in [2.45, 2.75) is 19.9 Å². The summed E-state index contributed by atoms with van der Waals surface area (Å²) in [6, 6.07) is 11.0. The number of benzene rings is 2. The van der Waals surface area contributed by atoms with Gasteiger partial charge in [0, 0.05) is 37.9 Å². The summed E-state index contributed by atoms with van der Waals surface area (Å²) in [7, 11) is 0. The molecule has 1 amide bonds. The van der Waals surface area contributed by atoms with Crippen molar-refractivity contribution in [3.8, 4) is 0 Å². The number of hydrogen-bond acceptors (Lipinski definition) is 3. The lowest BCUT2D eigenvalue weighted by Gasteiger charge is -2.38. The molecule has 1 heterocycles. The highest BCUT2D eigenvalue weighted by atomic mass is 19.1. The van der Waals surface area contributed by atoms with E-state index in [4.69, 9.17) is 0 Å². The molecule has 1 aliphatic rings. The van der Waals surface area contributed by atoms with E-state index in [2.05, 4.69) is 40.2 Å². The van der Waals surface area contributed by atoms with Gasteiger partial charge in [-0.15, -0.1) is 0 Å². The predicted molar refractivity (Wildman–Crippen MR) is 99.4 cm³/mol. The van der Waals surface area contributed by atoms with Crippen LogP contribution >= 0.6 is 0 Å². The largest absolute Gasteiger partial charge is 0.369 e. The lowest BCUT2D eigenvalue weighted by Crippen LogP contribution is -2.52. The van der Waals surface area contributed by atoms with Crippen LogP contribution in [0.15, 0.2) is 42.5 Å². The van der Waals surface area contributed by atoms with Gasteiger partial charge in [-0.05, 0) is 43.7 Å². The third kappa shape index (κ3) is 4.19. The number of carbonyl (C=O) groups excluding carboxylic acids is 1. The van der Waals surface area contributed by atoms with Gasteiger partial charge < -0.3 is 10.2 Å². The fraction of sp³-hybridized carbons (Fsp3) is 0.350. The number of piperazine rings is 1. The van der Waals surface area contributed by atoms with Crippen LogP contribution < -0.4 is 10.2 Å². The number of aryl methyl sites for hydroxylation is 1. The molecule has 0 aromatic heterocycles. The SMILES string of the molecule is Cc1cccc(N2CCN(C(C)C(=O)Nc3cc(F)ccc3F)CC2)c1. The van der Waals surface area contributed by atoms with E-state index >= 15 is 0 Å². The van der Waals surface area contributed by atoms with Gasteiger partial charge in [-0.2, -0.15) is 0 Å². The number of hydrogen-bond donors (Lipinski definition) is 1. The zero-order chi connectivity index (χ0) is 18.7. The Hall–Kier alpha value is -2.47. The number of rotatable bonds is 4. The molecule has 1 unspecified atom stereocenters. The van der Waals surface area contributed by atoms with Crippen LogP contribution in [-0.4, -0.2) is 43.0 Å². The van der Waals surface area contributed by atoms with Crippen LogP contribution in [0.5, 0.6) is 0 Å². The summed E-state index contributed by atoms with van der Waals surface area (Å²) in [5.74, 6) is -1.56. The zero-order valence-corrected chi connectivity index (χ0v) is 15.0. The van der Waals surface area contributed by atoms with E-state index in [1.54, 1.807) is 6.92 Å². The summed E-state index contributed by atoms with van der Waals surface area (Å²) in [6.07, 6.45) is 0. The molecular weight excluding hydrogens is 336 g/mol. The molecule has 0 saturated carbocycles. The molecule has 1 fully saturated rings. The fourth-order valence-corrected chi connectivity index (χ4v) is 3.19. The molecule has 1 saturated heterocycles. The van der Waals surface area contributed by atoms with Gasteiger partial charge in [0.25, 0.3) is 0 Å². The quantitative estimate of drug-likeness (QED) is 0.909. The average molecular weight is 359 g/mol. The third-order valence-corrected chi connectivity index (χ3v) is 4.79. The van der Waals surface area contributed by atoms with Crippen LogP contribution in [0.2, 0.25) is 0 Å². The van der Waals surface area contributed by atoms with Crippen molar-refractivity contribution in [3.63, 3.8) is 0 Å². The second-order valence-electron chi connectivity index (χ2n) is 6.65. The minimum absolute atomic E-state index is 0.125. The Morgan fingerprint density at radius 1 is 1.08 bits per heavy atom. The molecule has 6 heteroatoms. The van der Waals surface area contributed by atoms with Gasteiger partial charge in [0.05, 0.1) is 11.7 Å². The molecular formula is C20H23F2N3O. The van der Waals surface area contributed by atoms with E-state index in [0.29, 0.717) is 0 Å². The normalized spacial score (nSPS) is 16.4. The third-order valence-electron chi connectivity index (χ3n) is 4.79. The number of amides is 1. The Morgan fingerprint density at radius 3 is 2.50 bits per heavy atom. The molecule has 2 aromatic rings. The van der Waals surface area contributed by atoms with Crippen LogP contribution in [0.1, 0.15) is 12.5 Å². The van der Waals surface area contributed by atoms with Crippen LogP contribution in [0.4, 0.5) is 20.2 Å². The van der Waals surface area contributed by atoms with Crippen molar-refractivity contribution in [3.05, 3.63) is 59.7 Å².